The van der Waals surface area contributed by atoms with Gasteiger partial charge < -0.3 is 18.9 Å². The summed E-state index contributed by atoms with van der Waals surface area (Å²) in [4.78, 5) is 46.8. The van der Waals surface area contributed by atoms with E-state index >= 15 is 0 Å². The highest BCUT2D eigenvalue weighted by Gasteiger charge is 2.60. The molecule has 0 N–H and O–H groups in total. The van der Waals surface area contributed by atoms with Crippen molar-refractivity contribution in [3.8, 4) is 0 Å². The second-order valence-electron chi connectivity index (χ2n) is 7.43. The van der Waals surface area contributed by atoms with Gasteiger partial charge in [-0.1, -0.05) is 6.58 Å². The van der Waals surface area contributed by atoms with Gasteiger partial charge in [0.1, 0.15) is 24.4 Å². The van der Waals surface area contributed by atoms with Crippen LogP contribution in [0.1, 0.15) is 52.9 Å². The van der Waals surface area contributed by atoms with Gasteiger partial charge in [0, 0.05) is 12.0 Å². The SMILES string of the molecule is C=C(C)C(=O)OCCOC(=O)CCC(=O)OC1(C)CC2CCC1(C)OC2=O. The smallest absolute Gasteiger partial charge is 0.333 e. The quantitative estimate of drug-likeness (QED) is 0.271. The summed E-state index contributed by atoms with van der Waals surface area (Å²) in [5.41, 5.74) is -1.49. The topological polar surface area (TPSA) is 105 Å². The molecule has 8 heteroatoms. The van der Waals surface area contributed by atoms with Crippen LogP contribution in [-0.4, -0.2) is 48.3 Å². The Morgan fingerprint density at radius 2 is 1.78 bits per heavy atom. The highest BCUT2D eigenvalue weighted by atomic mass is 16.6. The number of esters is 4. The molecule has 2 saturated heterocycles. The number of ether oxygens (including phenoxy) is 4. The molecule has 2 aliphatic heterocycles. The van der Waals surface area contributed by atoms with Crippen molar-refractivity contribution in [1.29, 1.82) is 0 Å². The van der Waals surface area contributed by atoms with Crippen LogP contribution < -0.4 is 0 Å². The zero-order chi connectivity index (χ0) is 20.2. The van der Waals surface area contributed by atoms with E-state index in [4.69, 9.17) is 18.9 Å². The standard InChI is InChI=1S/C19H26O8/c1-12(2)16(22)25-10-9-24-14(20)5-6-15(21)26-19(4)11-13-7-8-18(19,3)27-17(13)23/h13H,1,5-11H2,2-4H3. The third-order valence-corrected chi connectivity index (χ3v) is 5.18. The van der Waals surface area contributed by atoms with Gasteiger partial charge in [-0.05, 0) is 33.6 Å². The van der Waals surface area contributed by atoms with Gasteiger partial charge in [-0.25, -0.2) is 4.79 Å². The van der Waals surface area contributed by atoms with Crippen molar-refractivity contribution in [2.45, 2.75) is 64.1 Å². The lowest BCUT2D eigenvalue weighted by molar-refractivity contribution is -0.247. The first-order chi connectivity index (χ1) is 12.6. The van der Waals surface area contributed by atoms with E-state index in [1.165, 1.54) is 6.92 Å². The van der Waals surface area contributed by atoms with E-state index in [9.17, 15) is 19.2 Å². The molecule has 0 aromatic carbocycles. The van der Waals surface area contributed by atoms with Gasteiger partial charge in [-0.15, -0.1) is 0 Å². The van der Waals surface area contributed by atoms with Crippen LogP contribution in [-0.2, 0) is 38.1 Å². The first-order valence-electron chi connectivity index (χ1n) is 8.99. The molecule has 150 valence electrons. The summed E-state index contributed by atoms with van der Waals surface area (Å²) in [5.74, 6) is -2.19. The largest absolute Gasteiger partial charge is 0.462 e. The molecule has 8 nitrogen and oxygen atoms in total. The highest BCUT2D eigenvalue weighted by Crippen LogP contribution is 2.50. The van der Waals surface area contributed by atoms with Crippen molar-refractivity contribution in [2.24, 2.45) is 5.92 Å². The molecule has 1 saturated carbocycles. The maximum atomic E-state index is 12.2. The maximum Gasteiger partial charge on any atom is 0.333 e. The molecule has 3 fully saturated rings. The van der Waals surface area contributed by atoms with Gasteiger partial charge >= 0.3 is 23.9 Å². The number of fused-ring (bicyclic) bond motifs is 3. The number of rotatable bonds is 8. The fraction of sp³-hybridized carbons (Fsp3) is 0.684. The molecular weight excluding hydrogens is 356 g/mol. The van der Waals surface area contributed by atoms with Gasteiger partial charge in [0.05, 0.1) is 18.8 Å². The molecule has 3 aliphatic rings. The lowest BCUT2D eigenvalue weighted by Gasteiger charge is -2.54. The monoisotopic (exact) mass is 382 g/mol. The number of hydrogen-bond donors (Lipinski definition) is 0. The average Bonchev–Trinajstić information content (AvgIpc) is 2.58. The lowest BCUT2D eigenvalue weighted by atomic mass is 9.66. The predicted molar refractivity (Wildman–Crippen MR) is 92.3 cm³/mol. The Kier molecular flexibility index (Phi) is 6.28. The molecule has 3 unspecified atom stereocenters. The molecule has 3 rings (SSSR count). The Hall–Kier alpha value is -2.38. The number of carbonyl (C=O) groups is 4. The zero-order valence-corrected chi connectivity index (χ0v) is 16.0. The normalized spacial score (nSPS) is 28.9. The Morgan fingerprint density at radius 3 is 2.37 bits per heavy atom. The van der Waals surface area contributed by atoms with Gasteiger partial charge in [0.2, 0.25) is 0 Å². The summed E-state index contributed by atoms with van der Waals surface area (Å²) >= 11 is 0. The molecule has 0 spiro atoms. The summed E-state index contributed by atoms with van der Waals surface area (Å²) in [5, 5.41) is 0. The van der Waals surface area contributed by atoms with Crippen LogP contribution in [0.5, 0.6) is 0 Å². The van der Waals surface area contributed by atoms with E-state index in [1.54, 1.807) is 13.8 Å². The molecule has 2 bridgehead atoms. The minimum Gasteiger partial charge on any atom is -0.462 e. The number of carbonyl (C=O) groups excluding carboxylic acids is 4. The van der Waals surface area contributed by atoms with E-state index in [2.05, 4.69) is 6.58 Å². The molecule has 0 radical (unpaired) electrons. The minimum absolute atomic E-state index is 0.0783. The Bertz CT molecular complexity index is 654. The van der Waals surface area contributed by atoms with E-state index < -0.39 is 29.1 Å². The van der Waals surface area contributed by atoms with Crippen molar-refractivity contribution in [3.63, 3.8) is 0 Å². The van der Waals surface area contributed by atoms with Crippen molar-refractivity contribution in [1.82, 2.24) is 0 Å². The fourth-order valence-electron chi connectivity index (χ4n) is 3.31. The van der Waals surface area contributed by atoms with E-state index in [0.29, 0.717) is 12.8 Å². The summed E-state index contributed by atoms with van der Waals surface area (Å²) in [6.45, 7) is 8.31. The van der Waals surface area contributed by atoms with Crippen molar-refractivity contribution in [3.05, 3.63) is 12.2 Å². The van der Waals surface area contributed by atoms with Crippen LogP contribution in [0.15, 0.2) is 12.2 Å². The van der Waals surface area contributed by atoms with Crippen LogP contribution in [0, 0.1) is 5.92 Å². The van der Waals surface area contributed by atoms with Gasteiger partial charge in [0.25, 0.3) is 0 Å². The fourth-order valence-corrected chi connectivity index (χ4v) is 3.31. The van der Waals surface area contributed by atoms with Crippen molar-refractivity contribution < 1.29 is 38.1 Å². The minimum atomic E-state index is -0.901. The summed E-state index contributed by atoms with van der Waals surface area (Å²) < 4.78 is 20.7. The van der Waals surface area contributed by atoms with Crippen molar-refractivity contribution >= 4 is 23.9 Å². The maximum absolute atomic E-state index is 12.2. The third-order valence-electron chi connectivity index (χ3n) is 5.18. The Morgan fingerprint density at radius 1 is 1.15 bits per heavy atom. The molecule has 0 amide bonds. The van der Waals surface area contributed by atoms with Gasteiger partial charge in [-0.3, -0.25) is 14.4 Å². The lowest BCUT2D eigenvalue weighted by Crippen LogP contribution is -2.64. The molecular formula is C19H26O8. The second-order valence-corrected chi connectivity index (χ2v) is 7.43. The summed E-state index contributed by atoms with van der Waals surface area (Å²) in [6.07, 6.45) is 1.49. The van der Waals surface area contributed by atoms with E-state index in [1.807, 2.05) is 0 Å². The highest BCUT2D eigenvalue weighted by molar-refractivity contribution is 5.86. The van der Waals surface area contributed by atoms with E-state index in [0.717, 1.165) is 6.42 Å². The molecule has 2 heterocycles. The summed E-state index contributed by atoms with van der Waals surface area (Å²) in [7, 11) is 0. The van der Waals surface area contributed by atoms with Crippen LogP contribution in [0.3, 0.4) is 0 Å². The van der Waals surface area contributed by atoms with E-state index in [-0.39, 0.29) is 43.5 Å². The first-order valence-corrected chi connectivity index (χ1v) is 8.99. The van der Waals surface area contributed by atoms with Crippen LogP contribution in [0.2, 0.25) is 0 Å². The predicted octanol–water partition coefficient (Wildman–Crippen LogP) is 1.85. The third kappa shape index (κ3) is 4.87. The van der Waals surface area contributed by atoms with Gasteiger partial charge in [0.15, 0.2) is 0 Å². The summed E-state index contributed by atoms with van der Waals surface area (Å²) in [6, 6.07) is 0. The average molecular weight is 382 g/mol. The molecule has 3 atom stereocenters. The van der Waals surface area contributed by atoms with Crippen molar-refractivity contribution in [2.75, 3.05) is 13.2 Å². The Balaban J connectivity index is 1.71. The first kappa shape index (κ1) is 20.9. The molecule has 0 aromatic rings. The molecule has 1 aliphatic carbocycles. The molecule has 27 heavy (non-hydrogen) atoms. The van der Waals surface area contributed by atoms with Crippen LogP contribution in [0.25, 0.3) is 0 Å². The Labute approximate surface area is 158 Å². The number of hydrogen-bond acceptors (Lipinski definition) is 8. The van der Waals surface area contributed by atoms with Crippen LogP contribution >= 0.6 is 0 Å². The molecule has 0 aromatic heterocycles. The van der Waals surface area contributed by atoms with Gasteiger partial charge in [-0.2, -0.15) is 0 Å². The zero-order valence-electron chi connectivity index (χ0n) is 16.0. The second kappa shape index (κ2) is 8.10. The van der Waals surface area contributed by atoms with Crippen LogP contribution in [0.4, 0.5) is 0 Å².